The maximum Gasteiger partial charge on any atom is 0.269 e. The average molecular weight is 528 g/mol. The molecule has 1 aliphatic heterocycles. The number of thiocarbonyl (C=S) groups is 1. The number of ether oxygens (including phenoxy) is 1. The fraction of sp³-hybridized carbons (Fsp3) is 0.172. The van der Waals surface area contributed by atoms with E-state index in [1.807, 2.05) is 54.6 Å². The highest BCUT2D eigenvalue weighted by Gasteiger charge is 2.33. The third-order valence-electron chi connectivity index (χ3n) is 6.00. The van der Waals surface area contributed by atoms with E-state index in [0.717, 1.165) is 11.1 Å². The summed E-state index contributed by atoms with van der Waals surface area (Å²) in [6, 6.07) is 22.7. The van der Waals surface area contributed by atoms with Crippen LogP contribution in [0.25, 0.3) is 11.7 Å². The van der Waals surface area contributed by atoms with Gasteiger partial charge in [-0.15, -0.1) is 0 Å². The zero-order valence-electron chi connectivity index (χ0n) is 20.7. The Morgan fingerprint density at radius 1 is 0.973 bits per heavy atom. The molecule has 1 aliphatic rings. The summed E-state index contributed by atoms with van der Waals surface area (Å²) < 4.78 is 8.00. The Kier molecular flexibility index (Phi) is 6.70. The molecule has 4 aromatic rings. The summed E-state index contributed by atoms with van der Waals surface area (Å²) in [7, 11) is 0. The van der Waals surface area contributed by atoms with Gasteiger partial charge in [-0.3, -0.25) is 18.9 Å². The number of benzene rings is 2. The lowest BCUT2D eigenvalue weighted by Crippen LogP contribution is -2.27. The highest BCUT2D eigenvalue weighted by molar-refractivity contribution is 8.26. The van der Waals surface area contributed by atoms with Crippen molar-refractivity contribution in [1.29, 1.82) is 0 Å². The number of hydrogen-bond donors (Lipinski definition) is 0. The maximum atomic E-state index is 13.5. The number of fused-ring (bicyclic) bond motifs is 1. The largest absolute Gasteiger partial charge is 0.438 e. The minimum Gasteiger partial charge on any atom is -0.438 e. The first-order valence-corrected chi connectivity index (χ1v) is 13.0. The van der Waals surface area contributed by atoms with Crippen LogP contribution in [0.5, 0.6) is 11.6 Å². The van der Waals surface area contributed by atoms with Crippen LogP contribution in [-0.4, -0.2) is 24.5 Å². The topological polar surface area (TPSA) is 63.9 Å². The van der Waals surface area contributed by atoms with Gasteiger partial charge in [0.2, 0.25) is 5.88 Å². The number of aromatic nitrogens is 2. The van der Waals surface area contributed by atoms with Crippen LogP contribution in [0.1, 0.15) is 37.5 Å². The number of hydrogen-bond acceptors (Lipinski definition) is 6. The van der Waals surface area contributed by atoms with Crippen molar-refractivity contribution in [2.75, 3.05) is 0 Å². The first-order valence-electron chi connectivity index (χ1n) is 11.8. The standard InChI is InChI=1S/C29H25N3O3S2/c1-29(2,3)20-12-14-21(15-13-20)35-25-22(26(33)31-16-8-7-11-24(31)30-25)17-23-27(34)32(28(36)37-23)18-19-9-5-4-6-10-19/h4-17H,18H2,1-3H3/b23-17-. The van der Waals surface area contributed by atoms with Crippen molar-refractivity contribution in [1.82, 2.24) is 14.3 Å². The summed E-state index contributed by atoms with van der Waals surface area (Å²) in [5.74, 6) is 0.427. The molecule has 0 N–H and O–H groups in total. The van der Waals surface area contributed by atoms with E-state index in [9.17, 15) is 9.59 Å². The summed E-state index contributed by atoms with van der Waals surface area (Å²) in [5.41, 5.74) is 2.42. The Morgan fingerprint density at radius 3 is 2.38 bits per heavy atom. The lowest BCUT2D eigenvalue weighted by atomic mass is 9.87. The van der Waals surface area contributed by atoms with Gasteiger partial charge >= 0.3 is 0 Å². The van der Waals surface area contributed by atoms with Crippen LogP contribution in [0.15, 0.2) is 88.7 Å². The molecule has 0 saturated carbocycles. The van der Waals surface area contributed by atoms with Crippen LogP contribution in [0, 0.1) is 0 Å². The van der Waals surface area contributed by atoms with Gasteiger partial charge in [0.15, 0.2) is 0 Å². The van der Waals surface area contributed by atoms with E-state index in [-0.39, 0.29) is 28.3 Å². The number of amides is 1. The molecule has 1 amide bonds. The van der Waals surface area contributed by atoms with Gasteiger partial charge in [-0.2, -0.15) is 4.98 Å². The monoisotopic (exact) mass is 527 g/mol. The number of thioether (sulfide) groups is 1. The zero-order valence-corrected chi connectivity index (χ0v) is 22.3. The molecule has 0 spiro atoms. The Bertz CT molecular complexity index is 1590. The number of pyridine rings is 1. The maximum absolute atomic E-state index is 13.5. The zero-order chi connectivity index (χ0) is 26.2. The molecule has 1 fully saturated rings. The van der Waals surface area contributed by atoms with Crippen molar-refractivity contribution < 1.29 is 9.53 Å². The first-order chi connectivity index (χ1) is 17.7. The highest BCUT2D eigenvalue weighted by atomic mass is 32.2. The Morgan fingerprint density at radius 2 is 1.68 bits per heavy atom. The minimum atomic E-state index is -0.333. The number of carbonyl (C=O) groups is 1. The van der Waals surface area contributed by atoms with Gasteiger partial charge in [-0.25, -0.2) is 0 Å². The van der Waals surface area contributed by atoms with Gasteiger partial charge in [0.05, 0.1) is 11.4 Å². The summed E-state index contributed by atoms with van der Waals surface area (Å²) in [5, 5.41) is 0. The van der Waals surface area contributed by atoms with Crippen LogP contribution in [0.4, 0.5) is 0 Å². The molecule has 0 bridgehead atoms. The normalized spacial score (nSPS) is 15.1. The van der Waals surface area contributed by atoms with Crippen molar-refractivity contribution in [2.45, 2.75) is 32.7 Å². The minimum absolute atomic E-state index is 0.00175. The second-order valence-electron chi connectivity index (χ2n) is 9.69. The second kappa shape index (κ2) is 9.95. The van der Waals surface area contributed by atoms with E-state index in [2.05, 4.69) is 25.8 Å². The molecule has 6 nitrogen and oxygen atoms in total. The molecule has 3 heterocycles. The fourth-order valence-corrected chi connectivity index (χ4v) is 5.19. The van der Waals surface area contributed by atoms with E-state index in [0.29, 0.717) is 27.2 Å². The number of carbonyl (C=O) groups excluding carboxylic acids is 1. The van der Waals surface area contributed by atoms with Crippen LogP contribution in [-0.2, 0) is 16.8 Å². The molecule has 0 aliphatic carbocycles. The van der Waals surface area contributed by atoms with Crippen molar-refractivity contribution in [3.05, 3.63) is 111 Å². The quantitative estimate of drug-likeness (QED) is 0.228. The van der Waals surface area contributed by atoms with Gasteiger partial charge in [-0.05, 0) is 46.9 Å². The van der Waals surface area contributed by atoms with Gasteiger partial charge in [0.1, 0.15) is 21.3 Å². The lowest BCUT2D eigenvalue weighted by Gasteiger charge is -2.19. The van der Waals surface area contributed by atoms with Crippen molar-refractivity contribution in [3.8, 4) is 11.6 Å². The van der Waals surface area contributed by atoms with Crippen LogP contribution >= 0.6 is 24.0 Å². The highest BCUT2D eigenvalue weighted by Crippen LogP contribution is 2.35. The molecule has 1 saturated heterocycles. The Labute approximate surface area is 224 Å². The van der Waals surface area contributed by atoms with Gasteiger partial charge < -0.3 is 4.74 Å². The molecule has 0 radical (unpaired) electrons. The van der Waals surface area contributed by atoms with E-state index < -0.39 is 0 Å². The van der Waals surface area contributed by atoms with Gasteiger partial charge in [-0.1, -0.05) is 93.3 Å². The SMILES string of the molecule is CC(C)(C)c1ccc(Oc2nc3ccccn3c(=O)c2/C=C2\SC(=S)N(Cc3ccccc3)C2=O)cc1. The Balaban J connectivity index is 1.54. The first kappa shape index (κ1) is 24.9. The molecule has 0 unspecified atom stereocenters. The van der Waals surface area contributed by atoms with E-state index in [1.165, 1.54) is 22.2 Å². The van der Waals surface area contributed by atoms with Gasteiger partial charge in [0.25, 0.3) is 11.5 Å². The fourth-order valence-electron chi connectivity index (χ4n) is 3.95. The summed E-state index contributed by atoms with van der Waals surface area (Å²) >= 11 is 6.66. The second-order valence-corrected chi connectivity index (χ2v) is 11.4. The predicted molar refractivity (Wildman–Crippen MR) is 152 cm³/mol. The molecule has 8 heteroatoms. The number of nitrogens with zero attached hydrogens (tertiary/aromatic N) is 3. The molecule has 0 atom stereocenters. The van der Waals surface area contributed by atoms with Crippen LogP contribution in [0.2, 0.25) is 0 Å². The predicted octanol–water partition coefficient (Wildman–Crippen LogP) is 6.19. The molecule has 186 valence electrons. The molecule has 5 rings (SSSR count). The van der Waals surface area contributed by atoms with E-state index >= 15 is 0 Å². The smallest absolute Gasteiger partial charge is 0.269 e. The summed E-state index contributed by atoms with van der Waals surface area (Å²) in [4.78, 5) is 33.3. The molecular formula is C29H25N3O3S2. The van der Waals surface area contributed by atoms with E-state index in [4.69, 9.17) is 17.0 Å². The summed E-state index contributed by atoms with van der Waals surface area (Å²) in [6.07, 6.45) is 3.18. The molecule has 2 aromatic heterocycles. The average Bonchev–Trinajstić information content (AvgIpc) is 3.14. The van der Waals surface area contributed by atoms with Gasteiger partial charge in [0, 0.05) is 6.20 Å². The van der Waals surface area contributed by atoms with Crippen molar-refractivity contribution >= 4 is 45.9 Å². The Hall–Kier alpha value is -3.75. The third kappa shape index (κ3) is 5.21. The number of rotatable bonds is 5. The van der Waals surface area contributed by atoms with Crippen LogP contribution in [0.3, 0.4) is 0 Å². The van der Waals surface area contributed by atoms with Crippen LogP contribution < -0.4 is 10.3 Å². The van der Waals surface area contributed by atoms with Crippen molar-refractivity contribution in [3.63, 3.8) is 0 Å². The van der Waals surface area contributed by atoms with Crippen molar-refractivity contribution in [2.24, 2.45) is 0 Å². The lowest BCUT2D eigenvalue weighted by molar-refractivity contribution is -0.122. The van der Waals surface area contributed by atoms with E-state index in [1.54, 1.807) is 29.3 Å². The third-order valence-corrected chi connectivity index (χ3v) is 7.38. The molecule has 2 aromatic carbocycles. The summed E-state index contributed by atoms with van der Waals surface area (Å²) in [6.45, 7) is 6.78. The molecule has 37 heavy (non-hydrogen) atoms. The molecular weight excluding hydrogens is 502 g/mol.